The number of rotatable bonds is 2. The second-order valence-corrected chi connectivity index (χ2v) is 3.84. The van der Waals surface area contributed by atoms with Crippen molar-refractivity contribution in [2.24, 2.45) is 0 Å². The van der Waals surface area contributed by atoms with Crippen molar-refractivity contribution in [1.82, 2.24) is 0 Å². The van der Waals surface area contributed by atoms with Crippen LogP contribution in [0.1, 0.15) is 11.1 Å². The number of nitriles is 2. The number of para-hydroxylation sites is 1. The van der Waals surface area contributed by atoms with Crippen molar-refractivity contribution < 1.29 is 4.74 Å². The second-order valence-electron chi connectivity index (χ2n) is 3.44. The summed E-state index contributed by atoms with van der Waals surface area (Å²) < 4.78 is 5.57. The van der Waals surface area contributed by atoms with E-state index in [2.05, 4.69) is 0 Å². The van der Waals surface area contributed by atoms with E-state index in [9.17, 15) is 0 Å². The zero-order valence-corrected chi connectivity index (χ0v) is 9.98. The quantitative estimate of drug-likeness (QED) is 0.817. The van der Waals surface area contributed by atoms with Gasteiger partial charge in [0, 0.05) is 0 Å². The highest BCUT2D eigenvalue weighted by Gasteiger charge is 2.14. The van der Waals surface area contributed by atoms with Crippen LogP contribution in [-0.2, 0) is 0 Å². The lowest BCUT2D eigenvalue weighted by atomic mass is 10.1. The summed E-state index contributed by atoms with van der Waals surface area (Å²) >= 11 is 6.00. The van der Waals surface area contributed by atoms with Crippen molar-refractivity contribution in [2.75, 3.05) is 0 Å². The molecule has 3 nitrogen and oxygen atoms in total. The molecule has 0 aliphatic heterocycles. The third-order valence-electron chi connectivity index (χ3n) is 2.31. The first-order valence-corrected chi connectivity index (χ1v) is 5.49. The summed E-state index contributed by atoms with van der Waals surface area (Å²) in [5, 5.41) is 18.3. The molecule has 0 saturated heterocycles. The largest absolute Gasteiger partial charge is 0.454 e. The second kappa shape index (κ2) is 5.23. The molecular formula is C14H7ClN2O. The van der Waals surface area contributed by atoms with Crippen LogP contribution in [-0.4, -0.2) is 0 Å². The van der Waals surface area contributed by atoms with Gasteiger partial charge in [-0.25, -0.2) is 0 Å². The van der Waals surface area contributed by atoms with E-state index in [0.29, 0.717) is 10.8 Å². The van der Waals surface area contributed by atoms with Crippen LogP contribution in [0, 0.1) is 22.7 Å². The lowest BCUT2D eigenvalue weighted by Crippen LogP contribution is -1.92. The monoisotopic (exact) mass is 254 g/mol. The average Bonchev–Trinajstić information content (AvgIpc) is 2.42. The van der Waals surface area contributed by atoms with Gasteiger partial charge in [0.15, 0.2) is 5.75 Å². The Morgan fingerprint density at radius 2 is 1.67 bits per heavy atom. The molecule has 4 heteroatoms. The van der Waals surface area contributed by atoms with Gasteiger partial charge in [-0.2, -0.15) is 10.5 Å². The van der Waals surface area contributed by atoms with E-state index >= 15 is 0 Å². The lowest BCUT2D eigenvalue weighted by Gasteiger charge is -2.09. The number of benzene rings is 2. The molecule has 0 unspecified atom stereocenters. The Bertz CT molecular complexity index is 654. The van der Waals surface area contributed by atoms with Gasteiger partial charge in [0.25, 0.3) is 0 Å². The highest BCUT2D eigenvalue weighted by atomic mass is 35.5. The molecule has 0 N–H and O–H groups in total. The molecule has 0 saturated carbocycles. The van der Waals surface area contributed by atoms with Crippen LogP contribution < -0.4 is 4.74 Å². The molecule has 0 bridgehead atoms. The standard InChI is InChI=1S/C14H7ClN2O/c15-13-7-6-10(8-16)12(9-17)14(13)18-11-4-2-1-3-5-11/h1-7H. The maximum absolute atomic E-state index is 9.09. The fourth-order valence-corrected chi connectivity index (χ4v) is 1.66. The van der Waals surface area contributed by atoms with Crippen molar-refractivity contribution in [2.45, 2.75) is 0 Å². The first-order chi connectivity index (χ1) is 8.76. The summed E-state index contributed by atoms with van der Waals surface area (Å²) in [7, 11) is 0. The Balaban J connectivity index is 2.51. The molecule has 0 heterocycles. The van der Waals surface area contributed by atoms with Gasteiger partial charge in [-0.05, 0) is 24.3 Å². The summed E-state index contributed by atoms with van der Waals surface area (Å²) in [6.45, 7) is 0. The third kappa shape index (κ3) is 2.27. The van der Waals surface area contributed by atoms with E-state index in [1.807, 2.05) is 30.3 Å². The van der Waals surface area contributed by atoms with Crippen LogP contribution in [0.5, 0.6) is 11.5 Å². The molecule has 2 aromatic rings. The molecular weight excluding hydrogens is 248 g/mol. The minimum atomic E-state index is 0.147. The SMILES string of the molecule is N#Cc1ccc(Cl)c(Oc2ccccc2)c1C#N. The Morgan fingerprint density at radius 3 is 2.28 bits per heavy atom. The molecule has 18 heavy (non-hydrogen) atoms. The van der Waals surface area contributed by atoms with Crippen molar-refractivity contribution >= 4 is 11.6 Å². The molecule has 0 aliphatic carbocycles. The van der Waals surface area contributed by atoms with Crippen molar-refractivity contribution in [3.63, 3.8) is 0 Å². The predicted molar refractivity (Wildman–Crippen MR) is 67.4 cm³/mol. The van der Waals surface area contributed by atoms with Gasteiger partial charge in [-0.3, -0.25) is 0 Å². The first-order valence-electron chi connectivity index (χ1n) is 5.12. The smallest absolute Gasteiger partial charge is 0.165 e. The molecule has 0 spiro atoms. The van der Waals surface area contributed by atoms with Gasteiger partial charge in [0.2, 0.25) is 0 Å². The van der Waals surface area contributed by atoms with Crippen LogP contribution >= 0.6 is 11.6 Å². The van der Waals surface area contributed by atoms with Gasteiger partial charge in [0.1, 0.15) is 23.5 Å². The van der Waals surface area contributed by atoms with Crippen molar-refractivity contribution in [1.29, 1.82) is 10.5 Å². The zero-order chi connectivity index (χ0) is 13.0. The van der Waals surface area contributed by atoms with Crippen LogP contribution in [0.2, 0.25) is 5.02 Å². The molecule has 0 radical (unpaired) electrons. The maximum atomic E-state index is 9.09. The van der Waals surface area contributed by atoms with Gasteiger partial charge < -0.3 is 4.74 Å². The van der Waals surface area contributed by atoms with Crippen LogP contribution in [0.3, 0.4) is 0 Å². The number of ether oxygens (including phenoxy) is 1. The molecule has 0 fully saturated rings. The molecule has 0 aliphatic rings. The number of halogens is 1. The molecule has 0 aromatic heterocycles. The summed E-state index contributed by atoms with van der Waals surface area (Å²) in [6, 6.07) is 15.9. The summed E-state index contributed by atoms with van der Waals surface area (Å²) in [6.07, 6.45) is 0. The fraction of sp³-hybridized carbons (Fsp3) is 0. The Hall–Kier alpha value is -2.49. The highest BCUT2D eigenvalue weighted by molar-refractivity contribution is 6.32. The van der Waals surface area contributed by atoms with Gasteiger partial charge in [-0.1, -0.05) is 29.8 Å². The third-order valence-corrected chi connectivity index (χ3v) is 2.60. The van der Waals surface area contributed by atoms with Crippen molar-refractivity contribution in [3.05, 3.63) is 58.6 Å². The lowest BCUT2D eigenvalue weighted by molar-refractivity contribution is 0.481. The van der Waals surface area contributed by atoms with Gasteiger partial charge in [0.05, 0.1) is 10.6 Å². The Labute approximate surface area is 109 Å². The summed E-state index contributed by atoms with van der Waals surface area (Å²) in [5.74, 6) is 0.774. The molecule has 2 aromatic carbocycles. The van der Waals surface area contributed by atoms with Crippen LogP contribution in [0.25, 0.3) is 0 Å². The highest BCUT2D eigenvalue weighted by Crippen LogP contribution is 2.34. The summed E-state index contributed by atoms with van der Waals surface area (Å²) in [4.78, 5) is 0. The molecule has 2 rings (SSSR count). The molecule has 0 atom stereocenters. The molecule has 86 valence electrons. The van der Waals surface area contributed by atoms with Crippen molar-refractivity contribution in [3.8, 4) is 23.6 Å². The van der Waals surface area contributed by atoms with E-state index in [1.54, 1.807) is 18.2 Å². The van der Waals surface area contributed by atoms with Crippen LogP contribution in [0.15, 0.2) is 42.5 Å². The Kier molecular flexibility index (Phi) is 3.48. The topological polar surface area (TPSA) is 56.8 Å². The summed E-state index contributed by atoms with van der Waals surface area (Å²) in [5.41, 5.74) is 0.390. The number of nitrogens with zero attached hydrogens (tertiary/aromatic N) is 2. The fourth-order valence-electron chi connectivity index (χ4n) is 1.47. The zero-order valence-electron chi connectivity index (χ0n) is 9.22. The first kappa shape index (κ1) is 12.0. The number of hydrogen-bond donors (Lipinski definition) is 0. The number of hydrogen-bond acceptors (Lipinski definition) is 3. The van der Waals surface area contributed by atoms with E-state index in [1.165, 1.54) is 6.07 Å². The van der Waals surface area contributed by atoms with E-state index < -0.39 is 0 Å². The molecule has 0 amide bonds. The minimum absolute atomic E-state index is 0.147. The van der Waals surface area contributed by atoms with Crippen LogP contribution in [0.4, 0.5) is 0 Å². The van der Waals surface area contributed by atoms with Gasteiger partial charge in [-0.15, -0.1) is 0 Å². The average molecular weight is 255 g/mol. The minimum Gasteiger partial charge on any atom is -0.454 e. The van der Waals surface area contributed by atoms with E-state index in [4.69, 9.17) is 26.9 Å². The predicted octanol–water partition coefficient (Wildman–Crippen LogP) is 3.88. The van der Waals surface area contributed by atoms with E-state index in [-0.39, 0.29) is 16.9 Å². The maximum Gasteiger partial charge on any atom is 0.165 e. The van der Waals surface area contributed by atoms with E-state index in [0.717, 1.165) is 0 Å². The Morgan fingerprint density at radius 1 is 0.944 bits per heavy atom. The normalized spacial score (nSPS) is 9.28. The van der Waals surface area contributed by atoms with Gasteiger partial charge >= 0.3 is 0 Å².